The summed E-state index contributed by atoms with van der Waals surface area (Å²) < 4.78 is 18.0. The third-order valence-corrected chi connectivity index (χ3v) is 4.91. The molecule has 0 N–H and O–H groups in total. The quantitative estimate of drug-likeness (QED) is 0.694. The molecule has 0 saturated heterocycles. The Morgan fingerprint density at radius 1 is 1.24 bits per heavy atom. The SMILES string of the molecule is C.COc1c(C)cnc(C[S@](=O)c2nc3cc(C)ccc3[n-]2)c1C.S. The number of rotatable bonds is 4. The van der Waals surface area contributed by atoms with E-state index in [0.29, 0.717) is 5.16 Å². The first kappa shape index (κ1) is 21.2. The fourth-order valence-electron chi connectivity index (χ4n) is 2.56. The summed E-state index contributed by atoms with van der Waals surface area (Å²) in [6, 6.07) is 5.82. The minimum atomic E-state index is -1.34. The van der Waals surface area contributed by atoms with Crippen LogP contribution < -0.4 is 9.72 Å². The molecule has 5 nitrogen and oxygen atoms in total. The molecule has 0 aliphatic rings. The Hall–Kier alpha value is -1.86. The van der Waals surface area contributed by atoms with Crippen LogP contribution in [-0.4, -0.2) is 21.3 Å². The van der Waals surface area contributed by atoms with Crippen molar-refractivity contribution in [1.82, 2.24) is 15.0 Å². The van der Waals surface area contributed by atoms with Gasteiger partial charge in [0.15, 0.2) is 0 Å². The summed E-state index contributed by atoms with van der Waals surface area (Å²) in [5.74, 6) is 1.06. The van der Waals surface area contributed by atoms with Crippen molar-refractivity contribution in [2.75, 3.05) is 7.11 Å². The van der Waals surface area contributed by atoms with Gasteiger partial charge in [0.05, 0.1) is 29.4 Å². The molecule has 0 saturated carbocycles. The summed E-state index contributed by atoms with van der Waals surface area (Å²) in [4.78, 5) is 13.1. The van der Waals surface area contributed by atoms with Crippen LogP contribution in [0.3, 0.4) is 0 Å². The van der Waals surface area contributed by atoms with E-state index >= 15 is 0 Å². The highest BCUT2D eigenvalue weighted by molar-refractivity contribution is 7.84. The largest absolute Gasteiger partial charge is 0.496 e. The van der Waals surface area contributed by atoms with Crippen molar-refractivity contribution in [3.05, 3.63) is 46.8 Å². The van der Waals surface area contributed by atoms with E-state index in [1.807, 2.05) is 39.0 Å². The third kappa shape index (κ3) is 4.22. The number of imidazole rings is 1. The van der Waals surface area contributed by atoms with Gasteiger partial charge in [0, 0.05) is 22.5 Å². The lowest BCUT2D eigenvalue weighted by Crippen LogP contribution is -2.05. The van der Waals surface area contributed by atoms with Crippen LogP contribution in [0, 0.1) is 20.8 Å². The van der Waals surface area contributed by atoms with E-state index in [1.54, 1.807) is 13.3 Å². The lowest BCUT2D eigenvalue weighted by molar-refractivity contribution is 0.407. The molecule has 0 aliphatic carbocycles. The second kappa shape index (κ2) is 8.49. The Kier molecular flexibility index (Phi) is 7.19. The molecule has 1 atom stereocenters. The van der Waals surface area contributed by atoms with Crippen molar-refractivity contribution in [2.45, 2.75) is 39.1 Å². The molecule has 0 fully saturated rings. The molecule has 3 aromatic rings. The molecule has 0 spiro atoms. The lowest BCUT2D eigenvalue weighted by atomic mass is 10.1. The zero-order valence-electron chi connectivity index (χ0n) is 14.1. The normalized spacial score (nSPS) is 11.5. The van der Waals surface area contributed by atoms with Crippen LogP contribution in [0.4, 0.5) is 0 Å². The number of pyridine rings is 1. The molecule has 0 unspecified atom stereocenters. The molecule has 0 radical (unpaired) electrons. The van der Waals surface area contributed by atoms with Gasteiger partial charge >= 0.3 is 0 Å². The third-order valence-electron chi connectivity index (χ3n) is 3.78. The standard InChI is InChI=1S/C17H18N3O2S.CH4.H2S/c1-10-5-6-13-14(7-10)20-17(19-13)23(21)9-15-12(3)16(22-4)11(2)8-18-15;;/h5-8H,9H2,1-4H3;1H4;1H2/q-1;;/t23-;;/m0../s1. The van der Waals surface area contributed by atoms with E-state index in [4.69, 9.17) is 4.74 Å². The number of nitrogens with zero attached hydrogens (tertiary/aromatic N) is 3. The molecule has 3 rings (SSSR count). The maximum Gasteiger partial charge on any atom is 0.128 e. The van der Waals surface area contributed by atoms with Crippen LogP contribution in [0.2, 0.25) is 0 Å². The van der Waals surface area contributed by atoms with Crippen LogP contribution in [0.25, 0.3) is 11.0 Å². The molecule has 2 heterocycles. The number of benzene rings is 1. The zero-order chi connectivity index (χ0) is 16.6. The van der Waals surface area contributed by atoms with Gasteiger partial charge in [0.2, 0.25) is 0 Å². The zero-order valence-corrected chi connectivity index (χ0v) is 15.9. The van der Waals surface area contributed by atoms with Crippen LogP contribution in [0.15, 0.2) is 29.6 Å². The van der Waals surface area contributed by atoms with Gasteiger partial charge in [-0.3, -0.25) is 9.19 Å². The average molecular weight is 379 g/mol. The van der Waals surface area contributed by atoms with Gasteiger partial charge in [-0.25, -0.2) is 0 Å². The van der Waals surface area contributed by atoms with E-state index in [0.717, 1.165) is 39.2 Å². The first-order valence-corrected chi connectivity index (χ1v) is 8.60. The van der Waals surface area contributed by atoms with E-state index in [2.05, 4.69) is 15.0 Å². The lowest BCUT2D eigenvalue weighted by Gasteiger charge is -2.12. The van der Waals surface area contributed by atoms with E-state index in [-0.39, 0.29) is 26.7 Å². The Morgan fingerprint density at radius 3 is 2.64 bits per heavy atom. The number of methoxy groups -OCH3 is 1. The number of hydrogen-bond acceptors (Lipinski definition) is 4. The van der Waals surface area contributed by atoms with Crippen LogP contribution in [-0.2, 0) is 16.6 Å². The first-order chi connectivity index (χ1) is 11.0. The second-order valence-corrected chi connectivity index (χ2v) is 6.88. The van der Waals surface area contributed by atoms with Crippen molar-refractivity contribution < 1.29 is 8.95 Å². The number of fused-ring (bicyclic) bond motifs is 1. The monoisotopic (exact) mass is 378 g/mol. The number of aromatic nitrogens is 3. The number of hydrogen-bond donors (Lipinski definition) is 0. The molecule has 7 heteroatoms. The summed E-state index contributed by atoms with van der Waals surface area (Å²) >= 11 is 0. The molecular weight excluding hydrogens is 354 g/mol. The summed E-state index contributed by atoms with van der Waals surface area (Å²) in [5.41, 5.74) is 5.27. The molecule has 25 heavy (non-hydrogen) atoms. The molecule has 136 valence electrons. The molecular formula is C18H24N3O2S2-. The molecule has 2 aromatic heterocycles. The van der Waals surface area contributed by atoms with Crippen LogP contribution in [0.5, 0.6) is 5.75 Å². The number of ether oxygens (including phenoxy) is 1. The fourth-order valence-corrected chi connectivity index (χ4v) is 3.62. The molecule has 0 bridgehead atoms. The minimum absolute atomic E-state index is 0. The van der Waals surface area contributed by atoms with Gasteiger partial charge in [-0.1, -0.05) is 31.2 Å². The van der Waals surface area contributed by atoms with E-state index in [9.17, 15) is 4.21 Å². The van der Waals surface area contributed by atoms with Crippen molar-refractivity contribution in [1.29, 1.82) is 0 Å². The van der Waals surface area contributed by atoms with Crippen molar-refractivity contribution in [3.63, 3.8) is 0 Å². The predicted molar refractivity (Wildman–Crippen MR) is 107 cm³/mol. The van der Waals surface area contributed by atoms with Gasteiger partial charge < -0.3 is 14.7 Å². The topological polar surface area (TPSA) is 66.2 Å². The second-order valence-electron chi connectivity index (χ2n) is 5.53. The van der Waals surface area contributed by atoms with Gasteiger partial charge in [0.1, 0.15) is 5.75 Å². The fraction of sp³-hybridized carbons (Fsp3) is 0.333. The van der Waals surface area contributed by atoms with Gasteiger partial charge in [-0.05, 0) is 31.8 Å². The highest BCUT2D eigenvalue weighted by Gasteiger charge is 2.12. The predicted octanol–water partition coefficient (Wildman–Crippen LogP) is 3.58. The summed E-state index contributed by atoms with van der Waals surface area (Å²) in [6.45, 7) is 5.86. The highest BCUT2D eigenvalue weighted by atomic mass is 32.2. The van der Waals surface area contributed by atoms with E-state index in [1.165, 1.54) is 0 Å². The summed E-state index contributed by atoms with van der Waals surface area (Å²) in [7, 11) is 0.289. The molecule has 0 aliphatic heterocycles. The highest BCUT2D eigenvalue weighted by Crippen LogP contribution is 2.25. The van der Waals surface area contributed by atoms with Gasteiger partial charge in [0.25, 0.3) is 0 Å². The van der Waals surface area contributed by atoms with Crippen molar-refractivity contribution >= 4 is 35.3 Å². The average Bonchev–Trinajstić information content (AvgIpc) is 2.93. The number of aryl methyl sites for hydroxylation is 2. The summed E-state index contributed by atoms with van der Waals surface area (Å²) in [5, 5.41) is 0.353. The van der Waals surface area contributed by atoms with Gasteiger partial charge in [-0.15, -0.1) is 0 Å². The first-order valence-electron chi connectivity index (χ1n) is 7.28. The van der Waals surface area contributed by atoms with Crippen molar-refractivity contribution in [3.8, 4) is 5.75 Å². The maximum atomic E-state index is 12.6. The molecule has 1 aromatic carbocycles. The van der Waals surface area contributed by atoms with Crippen molar-refractivity contribution in [2.24, 2.45) is 0 Å². The van der Waals surface area contributed by atoms with Gasteiger partial charge in [-0.2, -0.15) is 13.5 Å². The Labute approximate surface area is 158 Å². The summed E-state index contributed by atoms with van der Waals surface area (Å²) in [6.07, 6.45) is 1.74. The van der Waals surface area contributed by atoms with Crippen LogP contribution >= 0.6 is 13.5 Å². The van der Waals surface area contributed by atoms with E-state index < -0.39 is 10.8 Å². The minimum Gasteiger partial charge on any atom is -0.496 e. The van der Waals surface area contributed by atoms with Crippen LogP contribution in [0.1, 0.15) is 29.8 Å². The molecule has 0 amide bonds. The smallest absolute Gasteiger partial charge is 0.128 e. The Morgan fingerprint density at radius 2 is 1.96 bits per heavy atom. The Balaban J connectivity index is 0.00000156. The Bertz CT molecular complexity index is 907. The maximum absolute atomic E-state index is 12.6.